The van der Waals surface area contributed by atoms with Crippen LogP contribution in [0.15, 0.2) is 59.9 Å². The van der Waals surface area contributed by atoms with Gasteiger partial charge in [0.15, 0.2) is 9.84 Å². The molecule has 0 unspecified atom stereocenters. The summed E-state index contributed by atoms with van der Waals surface area (Å²) in [6, 6.07) is 10.3. The summed E-state index contributed by atoms with van der Waals surface area (Å²) in [4.78, 5) is 21.8. The van der Waals surface area contributed by atoms with Crippen molar-refractivity contribution in [2.75, 3.05) is 11.6 Å². The summed E-state index contributed by atoms with van der Waals surface area (Å²) in [5.74, 6) is 0.234. The number of amides is 1. The van der Waals surface area contributed by atoms with Gasteiger partial charge in [0.05, 0.1) is 10.5 Å². The molecule has 9 heteroatoms. The fraction of sp³-hybridized carbons (Fsp3) is 0.136. The van der Waals surface area contributed by atoms with Crippen LogP contribution >= 0.6 is 0 Å². The molecule has 1 aliphatic rings. The Hall–Kier alpha value is -3.72. The van der Waals surface area contributed by atoms with E-state index in [0.29, 0.717) is 23.6 Å². The highest BCUT2D eigenvalue weighted by Crippen LogP contribution is 2.36. The predicted octanol–water partition coefficient (Wildman–Crippen LogP) is 3.03. The maximum absolute atomic E-state index is 12.6. The van der Waals surface area contributed by atoms with E-state index in [4.69, 9.17) is 0 Å². The largest absolute Gasteiger partial charge is 0.348 e. The fourth-order valence-electron chi connectivity index (χ4n) is 3.88. The van der Waals surface area contributed by atoms with Gasteiger partial charge in [-0.05, 0) is 47.5 Å². The molecule has 4 heterocycles. The highest BCUT2D eigenvalue weighted by Gasteiger charge is 2.28. The first-order valence-electron chi connectivity index (χ1n) is 9.60. The molecule has 0 saturated heterocycles. The Labute approximate surface area is 178 Å². The van der Waals surface area contributed by atoms with Crippen LogP contribution in [0.25, 0.3) is 22.2 Å². The second-order valence-electron chi connectivity index (χ2n) is 7.50. The van der Waals surface area contributed by atoms with E-state index in [0.717, 1.165) is 34.0 Å². The van der Waals surface area contributed by atoms with Crippen molar-refractivity contribution in [1.82, 2.24) is 19.9 Å². The summed E-state index contributed by atoms with van der Waals surface area (Å²) in [7, 11) is -1.34. The molecule has 4 aromatic rings. The molecular weight excluding hydrogens is 414 g/mol. The van der Waals surface area contributed by atoms with Gasteiger partial charge in [0.25, 0.3) is 5.91 Å². The number of sulfone groups is 1. The third kappa shape index (κ3) is 3.23. The molecule has 1 amide bonds. The van der Waals surface area contributed by atoms with E-state index >= 15 is 0 Å². The first kappa shape index (κ1) is 19.3. The third-order valence-corrected chi connectivity index (χ3v) is 6.57. The summed E-state index contributed by atoms with van der Waals surface area (Å²) in [5, 5.41) is 7.03. The lowest BCUT2D eigenvalue weighted by molar-refractivity contribution is 0.0966. The zero-order chi connectivity index (χ0) is 21.8. The lowest BCUT2D eigenvalue weighted by Gasteiger charge is -2.13. The molecule has 0 atom stereocenters. The zero-order valence-corrected chi connectivity index (χ0v) is 17.7. The third-order valence-electron chi connectivity index (χ3n) is 5.44. The molecule has 2 N–H and O–H groups in total. The van der Waals surface area contributed by atoms with Crippen LogP contribution in [0.3, 0.4) is 0 Å². The summed E-state index contributed by atoms with van der Waals surface area (Å²) in [5.41, 5.74) is 4.71. The van der Waals surface area contributed by atoms with Crippen LogP contribution in [0.2, 0.25) is 0 Å². The average Bonchev–Trinajstić information content (AvgIpc) is 3.32. The van der Waals surface area contributed by atoms with Crippen molar-refractivity contribution in [2.45, 2.75) is 11.4 Å². The van der Waals surface area contributed by atoms with Crippen LogP contribution < -0.4 is 10.6 Å². The van der Waals surface area contributed by atoms with E-state index in [1.54, 1.807) is 24.5 Å². The van der Waals surface area contributed by atoms with Crippen LogP contribution in [0.4, 0.5) is 11.5 Å². The van der Waals surface area contributed by atoms with Gasteiger partial charge in [-0.15, -0.1) is 0 Å². The lowest BCUT2D eigenvalue weighted by atomic mass is 9.97. The first-order chi connectivity index (χ1) is 14.8. The molecule has 8 nitrogen and oxygen atoms in total. The molecule has 0 fully saturated rings. The number of hydrogen-bond acceptors (Lipinski definition) is 6. The van der Waals surface area contributed by atoms with E-state index in [-0.39, 0.29) is 10.8 Å². The van der Waals surface area contributed by atoms with Crippen LogP contribution in [0.5, 0.6) is 0 Å². The number of carbonyl (C=O) groups is 1. The van der Waals surface area contributed by atoms with Crippen molar-refractivity contribution in [3.05, 3.63) is 66.1 Å². The van der Waals surface area contributed by atoms with Gasteiger partial charge >= 0.3 is 0 Å². The maximum atomic E-state index is 12.6. The standard InChI is InChI=1S/C22H19N5O3S/c1-27-10-8-16-15(7-9-23-21(16)27)17-11-24-20(19-18(17)12-25-22(19)28)26-13-3-5-14(6-4-13)31(2,29)30/h3-11H,12H2,1-2H3,(H,24,26)(H,25,28). The van der Waals surface area contributed by atoms with Gasteiger partial charge in [0.1, 0.15) is 11.5 Å². The van der Waals surface area contributed by atoms with E-state index in [9.17, 15) is 13.2 Å². The Morgan fingerprint density at radius 1 is 1.06 bits per heavy atom. The molecule has 0 bridgehead atoms. The van der Waals surface area contributed by atoms with Crippen molar-refractivity contribution in [3.8, 4) is 11.1 Å². The zero-order valence-electron chi connectivity index (χ0n) is 16.9. The monoisotopic (exact) mass is 433 g/mol. The quantitative estimate of drug-likeness (QED) is 0.512. The number of carbonyl (C=O) groups excluding carboxylic acids is 1. The molecule has 5 rings (SSSR count). The number of pyridine rings is 2. The van der Waals surface area contributed by atoms with Crippen molar-refractivity contribution in [3.63, 3.8) is 0 Å². The number of benzene rings is 1. The van der Waals surface area contributed by atoms with Crippen molar-refractivity contribution >= 4 is 38.3 Å². The smallest absolute Gasteiger partial charge is 0.255 e. The van der Waals surface area contributed by atoms with Crippen LogP contribution in [0.1, 0.15) is 15.9 Å². The molecule has 156 valence electrons. The van der Waals surface area contributed by atoms with E-state index < -0.39 is 9.84 Å². The number of nitrogens with zero attached hydrogens (tertiary/aromatic N) is 3. The second kappa shape index (κ2) is 6.92. The Morgan fingerprint density at radius 2 is 1.84 bits per heavy atom. The van der Waals surface area contributed by atoms with Crippen LogP contribution in [-0.2, 0) is 23.4 Å². The molecule has 0 spiro atoms. The number of nitrogens with one attached hydrogen (secondary N) is 2. The molecule has 1 aromatic carbocycles. The molecule has 3 aromatic heterocycles. The van der Waals surface area contributed by atoms with Gasteiger partial charge in [-0.3, -0.25) is 4.79 Å². The van der Waals surface area contributed by atoms with Gasteiger partial charge in [0.2, 0.25) is 0 Å². The number of fused-ring (bicyclic) bond motifs is 2. The number of aryl methyl sites for hydroxylation is 1. The van der Waals surface area contributed by atoms with Crippen molar-refractivity contribution < 1.29 is 13.2 Å². The number of hydrogen-bond donors (Lipinski definition) is 2. The van der Waals surface area contributed by atoms with E-state index in [1.165, 1.54) is 12.1 Å². The number of anilines is 2. The van der Waals surface area contributed by atoms with Gasteiger partial charge in [-0.2, -0.15) is 0 Å². The Bertz CT molecular complexity index is 1460. The molecule has 0 saturated carbocycles. The molecule has 31 heavy (non-hydrogen) atoms. The van der Waals surface area contributed by atoms with Gasteiger partial charge < -0.3 is 15.2 Å². The highest BCUT2D eigenvalue weighted by molar-refractivity contribution is 7.90. The normalized spacial score (nSPS) is 13.3. The lowest BCUT2D eigenvalue weighted by Crippen LogP contribution is -2.14. The van der Waals surface area contributed by atoms with E-state index in [2.05, 4.69) is 20.6 Å². The highest BCUT2D eigenvalue weighted by atomic mass is 32.2. The Balaban J connectivity index is 1.59. The van der Waals surface area contributed by atoms with Crippen LogP contribution in [-0.4, -0.2) is 35.1 Å². The maximum Gasteiger partial charge on any atom is 0.255 e. The molecule has 1 aliphatic heterocycles. The minimum Gasteiger partial charge on any atom is -0.348 e. The summed E-state index contributed by atoms with van der Waals surface area (Å²) >= 11 is 0. The predicted molar refractivity (Wildman–Crippen MR) is 118 cm³/mol. The SMILES string of the molecule is Cn1ccc2c(-c3cnc(Nc4ccc(S(C)(=O)=O)cc4)c4c3CNC4=O)ccnc21. The van der Waals surface area contributed by atoms with Gasteiger partial charge in [0, 0.05) is 55.1 Å². The summed E-state index contributed by atoms with van der Waals surface area (Å²) in [6.07, 6.45) is 6.63. The Kier molecular flexibility index (Phi) is 4.30. The topological polar surface area (TPSA) is 106 Å². The van der Waals surface area contributed by atoms with E-state index in [1.807, 2.05) is 29.9 Å². The average molecular weight is 433 g/mol. The summed E-state index contributed by atoms with van der Waals surface area (Å²) < 4.78 is 25.3. The first-order valence-corrected chi connectivity index (χ1v) is 11.5. The van der Waals surface area contributed by atoms with Crippen LogP contribution in [0, 0.1) is 0 Å². The van der Waals surface area contributed by atoms with Gasteiger partial charge in [-0.25, -0.2) is 18.4 Å². The van der Waals surface area contributed by atoms with Gasteiger partial charge in [-0.1, -0.05) is 0 Å². The van der Waals surface area contributed by atoms with Crippen molar-refractivity contribution in [1.29, 1.82) is 0 Å². The second-order valence-corrected chi connectivity index (χ2v) is 9.52. The Morgan fingerprint density at radius 3 is 2.58 bits per heavy atom. The minimum absolute atomic E-state index is 0.196. The molecule has 0 radical (unpaired) electrons. The summed E-state index contributed by atoms with van der Waals surface area (Å²) in [6.45, 7) is 0.407. The van der Waals surface area contributed by atoms with Crippen molar-refractivity contribution in [2.24, 2.45) is 7.05 Å². The molecular formula is C22H19N5O3S. The fourth-order valence-corrected chi connectivity index (χ4v) is 4.51. The minimum atomic E-state index is -3.28. The molecule has 0 aliphatic carbocycles. The number of aromatic nitrogens is 3. The number of rotatable bonds is 4.